The molecule has 4 aromatic carbocycles. The van der Waals surface area contributed by atoms with Crippen LogP contribution < -0.4 is 9.47 Å². The Labute approximate surface area is 186 Å². The smallest absolute Gasteiger partial charge is 0.127 e. The van der Waals surface area contributed by atoms with Gasteiger partial charge in [-0.15, -0.1) is 11.6 Å². The highest BCUT2D eigenvalue weighted by atomic mass is 35.5. The second-order valence-electron chi connectivity index (χ2n) is 7.34. The first-order valence-electron chi connectivity index (χ1n) is 10.3. The molecule has 0 radical (unpaired) electrons. The first-order chi connectivity index (χ1) is 15.2. The van der Waals surface area contributed by atoms with Gasteiger partial charge >= 0.3 is 0 Å². The molecule has 4 nitrogen and oxygen atoms in total. The molecule has 1 aliphatic rings. The van der Waals surface area contributed by atoms with E-state index in [0.717, 1.165) is 28.9 Å². The van der Waals surface area contributed by atoms with Crippen LogP contribution in [0.15, 0.2) is 84.9 Å². The molecule has 0 aromatic heterocycles. The van der Waals surface area contributed by atoms with E-state index in [2.05, 4.69) is 18.2 Å². The summed E-state index contributed by atoms with van der Waals surface area (Å²) in [7, 11) is 0. The van der Waals surface area contributed by atoms with E-state index >= 15 is 0 Å². The topological polar surface area (TPSA) is 51.2 Å². The van der Waals surface area contributed by atoms with Gasteiger partial charge in [-0.3, -0.25) is 0 Å². The molecule has 2 unspecified atom stereocenters. The van der Waals surface area contributed by atoms with Crippen molar-refractivity contribution in [2.75, 3.05) is 25.7 Å². The molecule has 2 atom stereocenters. The summed E-state index contributed by atoms with van der Waals surface area (Å²) in [4.78, 5) is 0. The van der Waals surface area contributed by atoms with E-state index in [9.17, 15) is 5.11 Å². The van der Waals surface area contributed by atoms with Crippen LogP contribution >= 0.6 is 11.6 Å². The second kappa shape index (κ2) is 10.5. The average Bonchev–Trinajstić information content (AvgIpc) is 3.66. The molecule has 1 fully saturated rings. The third kappa shape index (κ3) is 5.88. The van der Waals surface area contributed by atoms with E-state index in [0.29, 0.717) is 12.7 Å². The van der Waals surface area contributed by atoms with Gasteiger partial charge in [-0.2, -0.15) is 0 Å². The Morgan fingerprint density at radius 2 is 1.32 bits per heavy atom. The van der Waals surface area contributed by atoms with E-state index in [4.69, 9.17) is 25.8 Å². The molecule has 5 rings (SSSR count). The van der Waals surface area contributed by atoms with Crippen molar-refractivity contribution in [2.45, 2.75) is 12.2 Å². The Hall–Kier alpha value is -2.79. The van der Waals surface area contributed by atoms with Gasteiger partial charge in [0.05, 0.1) is 12.5 Å². The highest BCUT2D eigenvalue weighted by molar-refractivity contribution is 6.18. The molecule has 1 aliphatic heterocycles. The lowest BCUT2D eigenvalue weighted by Gasteiger charge is -2.11. The first kappa shape index (κ1) is 21.4. The van der Waals surface area contributed by atoms with Gasteiger partial charge in [0.15, 0.2) is 0 Å². The van der Waals surface area contributed by atoms with Gasteiger partial charge in [-0.25, -0.2) is 0 Å². The highest BCUT2D eigenvalue weighted by Crippen LogP contribution is 2.26. The Balaban J connectivity index is 0.000000149. The lowest BCUT2D eigenvalue weighted by atomic mass is 10.1. The van der Waals surface area contributed by atoms with Gasteiger partial charge in [0.25, 0.3) is 0 Å². The van der Waals surface area contributed by atoms with Gasteiger partial charge < -0.3 is 19.3 Å². The molecule has 1 N–H and O–H groups in total. The van der Waals surface area contributed by atoms with Gasteiger partial charge in [-0.05, 0) is 22.9 Å². The number of epoxide rings is 1. The van der Waals surface area contributed by atoms with Crippen LogP contribution in [0.3, 0.4) is 0 Å². The number of rotatable bonds is 7. The van der Waals surface area contributed by atoms with Crippen LogP contribution in [0, 0.1) is 0 Å². The van der Waals surface area contributed by atoms with Crippen molar-refractivity contribution in [3.8, 4) is 11.5 Å². The molecule has 0 amide bonds. The fourth-order valence-electron chi connectivity index (χ4n) is 3.22. The summed E-state index contributed by atoms with van der Waals surface area (Å²) in [6, 6.07) is 28.2. The maximum atomic E-state index is 9.33. The summed E-state index contributed by atoms with van der Waals surface area (Å²) in [6.07, 6.45) is -0.315. The molecular weight excluding hydrogens is 412 g/mol. The van der Waals surface area contributed by atoms with Gasteiger partial charge in [0.2, 0.25) is 0 Å². The summed E-state index contributed by atoms with van der Waals surface area (Å²) in [5.74, 6) is 1.91. The lowest BCUT2D eigenvalue weighted by molar-refractivity contribution is 0.126. The van der Waals surface area contributed by atoms with Crippen LogP contribution in [-0.2, 0) is 4.74 Å². The van der Waals surface area contributed by atoms with E-state index < -0.39 is 6.10 Å². The summed E-state index contributed by atoms with van der Waals surface area (Å²) in [5.41, 5.74) is 0. The maximum Gasteiger partial charge on any atom is 0.127 e. The van der Waals surface area contributed by atoms with Gasteiger partial charge in [0.1, 0.15) is 36.9 Å². The van der Waals surface area contributed by atoms with E-state index in [1.165, 1.54) is 10.8 Å². The highest BCUT2D eigenvalue weighted by Gasteiger charge is 2.23. The standard InChI is InChI=1S/C13H13ClO2.C13H12O2/c14-8-11(15)9-16-13-7-3-5-10-4-1-2-6-12(10)13;1-2-6-12-10(4-1)5-3-7-13(12)15-9-11-8-14-11/h1-7,11,15H,8-9H2;1-7,11H,8-9H2. The molecule has 1 saturated heterocycles. The van der Waals surface area contributed by atoms with Crippen molar-refractivity contribution in [1.29, 1.82) is 0 Å². The Morgan fingerprint density at radius 1 is 0.806 bits per heavy atom. The van der Waals surface area contributed by atoms with Crippen LogP contribution in [0.4, 0.5) is 0 Å². The normalized spacial score (nSPS) is 15.7. The lowest BCUT2D eigenvalue weighted by Crippen LogP contribution is -2.18. The maximum absolute atomic E-state index is 9.33. The molecule has 0 saturated carbocycles. The molecule has 0 spiro atoms. The molecule has 1 heterocycles. The zero-order chi connectivity index (χ0) is 21.5. The first-order valence-corrected chi connectivity index (χ1v) is 10.8. The summed E-state index contributed by atoms with van der Waals surface area (Å²) in [5, 5.41) is 13.9. The largest absolute Gasteiger partial charge is 0.490 e. The Bertz CT molecular complexity index is 1120. The van der Waals surface area contributed by atoms with Crippen LogP contribution in [0.2, 0.25) is 0 Å². The van der Waals surface area contributed by atoms with Crippen LogP contribution in [-0.4, -0.2) is 43.0 Å². The zero-order valence-electron chi connectivity index (χ0n) is 17.1. The van der Waals surface area contributed by atoms with E-state index in [-0.39, 0.29) is 12.5 Å². The quantitative estimate of drug-likeness (QED) is 0.310. The van der Waals surface area contributed by atoms with Crippen LogP contribution in [0.25, 0.3) is 21.5 Å². The minimum atomic E-state index is -0.624. The van der Waals surface area contributed by atoms with Gasteiger partial charge in [-0.1, -0.05) is 72.8 Å². The Kier molecular flexibility index (Phi) is 7.26. The predicted octanol–water partition coefficient (Wildman–Crippen LogP) is 5.44. The number of aliphatic hydroxyl groups excluding tert-OH is 1. The molecule has 31 heavy (non-hydrogen) atoms. The zero-order valence-corrected chi connectivity index (χ0v) is 17.9. The van der Waals surface area contributed by atoms with Crippen molar-refractivity contribution in [2.24, 2.45) is 0 Å². The average molecular weight is 437 g/mol. The monoisotopic (exact) mass is 436 g/mol. The van der Waals surface area contributed by atoms with Crippen LogP contribution in [0.5, 0.6) is 11.5 Å². The number of aliphatic hydroxyl groups is 1. The van der Waals surface area contributed by atoms with Crippen molar-refractivity contribution in [3.05, 3.63) is 84.9 Å². The van der Waals surface area contributed by atoms with Crippen molar-refractivity contribution in [1.82, 2.24) is 0 Å². The number of ether oxygens (including phenoxy) is 3. The molecular formula is C26H25ClO4. The predicted molar refractivity (Wildman–Crippen MR) is 125 cm³/mol. The number of benzene rings is 4. The Morgan fingerprint density at radius 3 is 1.87 bits per heavy atom. The SMILES string of the molecule is OC(CCl)COc1cccc2ccccc12.c1ccc2c(OCC3CO3)cccc2c1. The third-order valence-corrected chi connectivity index (χ3v) is 5.29. The minimum Gasteiger partial charge on any atom is -0.490 e. The summed E-state index contributed by atoms with van der Waals surface area (Å²) < 4.78 is 16.4. The minimum absolute atomic E-state index is 0.185. The fourth-order valence-corrected chi connectivity index (χ4v) is 3.31. The van der Waals surface area contributed by atoms with Crippen molar-refractivity contribution >= 4 is 33.1 Å². The van der Waals surface area contributed by atoms with E-state index in [1.54, 1.807) is 0 Å². The van der Waals surface area contributed by atoms with Crippen molar-refractivity contribution < 1.29 is 19.3 Å². The van der Waals surface area contributed by atoms with E-state index in [1.807, 2.05) is 66.7 Å². The number of hydrogen-bond donors (Lipinski definition) is 1. The number of alkyl halides is 1. The molecule has 5 heteroatoms. The number of fused-ring (bicyclic) bond motifs is 2. The molecule has 4 aromatic rings. The molecule has 0 aliphatic carbocycles. The molecule has 160 valence electrons. The number of halogens is 1. The van der Waals surface area contributed by atoms with Crippen molar-refractivity contribution in [3.63, 3.8) is 0 Å². The third-order valence-electron chi connectivity index (χ3n) is 4.94. The van der Waals surface area contributed by atoms with Crippen LogP contribution in [0.1, 0.15) is 0 Å². The van der Waals surface area contributed by atoms with Gasteiger partial charge in [0, 0.05) is 10.8 Å². The summed E-state index contributed by atoms with van der Waals surface area (Å²) in [6.45, 7) is 1.72. The summed E-state index contributed by atoms with van der Waals surface area (Å²) >= 11 is 5.51. The fraction of sp³-hybridized carbons (Fsp3) is 0.231. The second-order valence-corrected chi connectivity index (χ2v) is 7.65. The molecule has 0 bridgehead atoms. The number of hydrogen-bond acceptors (Lipinski definition) is 4.